The van der Waals surface area contributed by atoms with Crippen LogP contribution in [0.3, 0.4) is 0 Å². The second-order valence-corrected chi connectivity index (χ2v) is 9.20. The van der Waals surface area contributed by atoms with E-state index in [1.807, 2.05) is 16.7 Å². The van der Waals surface area contributed by atoms with E-state index in [0.29, 0.717) is 29.7 Å². The summed E-state index contributed by atoms with van der Waals surface area (Å²) in [4.78, 5) is 24.1. The maximum Gasteiger partial charge on any atom is 0.341 e. The average molecular weight is 432 g/mol. The second-order valence-electron chi connectivity index (χ2n) is 8.79. The summed E-state index contributed by atoms with van der Waals surface area (Å²) in [5.74, 6) is -0.371. The van der Waals surface area contributed by atoms with E-state index in [2.05, 4.69) is 13.8 Å². The SMILES string of the molecule is COCCCOc1cc2c(cc1Cl)-c1cc(=O)c(C(=O)O)cn1[C@H]1[C@H]2CCC1(C)C. The van der Waals surface area contributed by atoms with Crippen molar-refractivity contribution in [1.82, 2.24) is 4.57 Å². The van der Waals surface area contributed by atoms with Gasteiger partial charge in [0.05, 0.1) is 17.3 Å². The Hall–Kier alpha value is -2.31. The van der Waals surface area contributed by atoms with Crippen LogP contribution < -0.4 is 10.2 Å². The molecule has 6 nitrogen and oxygen atoms in total. The Morgan fingerprint density at radius 2 is 2.07 bits per heavy atom. The molecule has 1 aromatic carbocycles. The zero-order valence-electron chi connectivity index (χ0n) is 17.4. The van der Waals surface area contributed by atoms with E-state index in [0.717, 1.165) is 30.4 Å². The lowest BCUT2D eigenvalue weighted by molar-refractivity contribution is 0.0693. The number of hydrogen-bond donors (Lipinski definition) is 1. The zero-order chi connectivity index (χ0) is 21.6. The van der Waals surface area contributed by atoms with Gasteiger partial charge in [0.1, 0.15) is 11.3 Å². The number of carbonyl (C=O) groups is 1. The van der Waals surface area contributed by atoms with Gasteiger partial charge in [-0.2, -0.15) is 0 Å². The highest BCUT2D eigenvalue weighted by atomic mass is 35.5. The molecule has 0 spiro atoms. The van der Waals surface area contributed by atoms with Crippen molar-refractivity contribution >= 4 is 17.6 Å². The molecule has 1 aromatic heterocycles. The molecule has 0 unspecified atom stereocenters. The van der Waals surface area contributed by atoms with Crippen LogP contribution in [0.2, 0.25) is 5.02 Å². The van der Waals surface area contributed by atoms with Crippen molar-refractivity contribution < 1.29 is 19.4 Å². The Balaban J connectivity index is 1.86. The van der Waals surface area contributed by atoms with Gasteiger partial charge in [-0.05, 0) is 36.0 Å². The summed E-state index contributed by atoms with van der Waals surface area (Å²) in [5.41, 5.74) is 1.96. The number of benzene rings is 1. The summed E-state index contributed by atoms with van der Waals surface area (Å²) in [6, 6.07) is 5.34. The Labute approximate surface area is 180 Å². The first-order valence-corrected chi connectivity index (χ1v) is 10.6. The molecule has 4 rings (SSSR count). The van der Waals surface area contributed by atoms with Gasteiger partial charge in [0.25, 0.3) is 0 Å². The number of halogens is 1. The molecule has 0 bridgehead atoms. The molecule has 30 heavy (non-hydrogen) atoms. The highest BCUT2D eigenvalue weighted by molar-refractivity contribution is 6.32. The molecule has 2 atom stereocenters. The van der Waals surface area contributed by atoms with Crippen molar-refractivity contribution in [3.63, 3.8) is 0 Å². The maximum atomic E-state index is 12.5. The maximum absolute atomic E-state index is 12.5. The first-order valence-electron chi connectivity index (χ1n) is 10.2. The minimum absolute atomic E-state index is 0.0406. The van der Waals surface area contributed by atoms with Crippen molar-refractivity contribution in [2.75, 3.05) is 20.3 Å². The van der Waals surface area contributed by atoms with Crippen LogP contribution in [0.5, 0.6) is 5.75 Å². The van der Waals surface area contributed by atoms with E-state index in [-0.39, 0.29) is 22.9 Å². The van der Waals surface area contributed by atoms with E-state index >= 15 is 0 Å². The highest BCUT2D eigenvalue weighted by Gasteiger charge is 2.47. The van der Waals surface area contributed by atoms with Gasteiger partial charge in [0, 0.05) is 49.9 Å². The molecule has 2 aliphatic rings. The monoisotopic (exact) mass is 431 g/mol. The average Bonchev–Trinajstić information content (AvgIpc) is 3.01. The molecular weight excluding hydrogens is 406 g/mol. The van der Waals surface area contributed by atoms with E-state index in [4.69, 9.17) is 21.1 Å². The molecule has 0 radical (unpaired) electrons. The Kier molecular flexibility index (Phi) is 5.41. The fourth-order valence-electron chi connectivity index (χ4n) is 5.02. The van der Waals surface area contributed by atoms with Gasteiger partial charge < -0.3 is 19.1 Å². The Morgan fingerprint density at radius 3 is 2.77 bits per heavy atom. The van der Waals surface area contributed by atoms with Crippen LogP contribution >= 0.6 is 11.6 Å². The molecule has 160 valence electrons. The lowest BCUT2D eigenvalue weighted by Crippen LogP contribution is -2.32. The molecule has 7 heteroatoms. The van der Waals surface area contributed by atoms with Crippen molar-refractivity contribution in [3.05, 3.63) is 50.8 Å². The normalized spacial score (nSPS) is 20.9. The van der Waals surface area contributed by atoms with Crippen LogP contribution in [0.15, 0.2) is 29.2 Å². The summed E-state index contributed by atoms with van der Waals surface area (Å²) >= 11 is 6.52. The van der Waals surface area contributed by atoms with Crippen molar-refractivity contribution in [2.24, 2.45) is 5.41 Å². The summed E-state index contributed by atoms with van der Waals surface area (Å²) in [6.45, 7) is 5.51. The van der Waals surface area contributed by atoms with Crippen molar-refractivity contribution in [3.8, 4) is 17.0 Å². The smallest absolute Gasteiger partial charge is 0.341 e. The summed E-state index contributed by atoms with van der Waals surface area (Å²) in [6.07, 6.45) is 4.25. The van der Waals surface area contributed by atoms with E-state index in [1.165, 1.54) is 12.3 Å². The molecule has 1 fully saturated rings. The van der Waals surface area contributed by atoms with Crippen LogP contribution in [0, 0.1) is 5.41 Å². The first-order chi connectivity index (χ1) is 14.2. The fraction of sp³-hybridized carbons (Fsp3) is 0.478. The Bertz CT molecular complexity index is 1060. The van der Waals surface area contributed by atoms with Crippen LogP contribution in [-0.2, 0) is 4.74 Å². The molecule has 0 amide bonds. The summed E-state index contributed by atoms with van der Waals surface area (Å²) in [5, 5.41) is 9.95. The fourth-order valence-corrected chi connectivity index (χ4v) is 5.24. The van der Waals surface area contributed by atoms with Gasteiger partial charge >= 0.3 is 5.97 Å². The molecule has 1 aliphatic carbocycles. The largest absolute Gasteiger partial charge is 0.492 e. The van der Waals surface area contributed by atoms with Gasteiger partial charge in [-0.3, -0.25) is 4.79 Å². The standard InChI is InChI=1S/C23H26ClNO5/c1-23(2)6-5-13-14-10-20(30-8-4-7-29-3)17(24)9-15(14)18-11-19(26)16(22(27)28)12-25(18)21(13)23/h9-13,21H,4-8H2,1-3H3,(H,27,28)/t13-,21-/m0/s1. The number of carboxylic acid groups (broad SMARTS) is 1. The molecule has 2 aromatic rings. The second kappa shape index (κ2) is 7.75. The van der Waals surface area contributed by atoms with Crippen LogP contribution in [-0.4, -0.2) is 36.0 Å². The minimum Gasteiger partial charge on any atom is -0.492 e. The predicted octanol–water partition coefficient (Wildman–Crippen LogP) is 4.74. The van der Waals surface area contributed by atoms with E-state index in [1.54, 1.807) is 7.11 Å². The quantitative estimate of drug-likeness (QED) is 0.668. The van der Waals surface area contributed by atoms with Crippen molar-refractivity contribution in [1.29, 1.82) is 0 Å². The third-order valence-electron chi connectivity index (χ3n) is 6.42. The van der Waals surface area contributed by atoms with E-state index < -0.39 is 11.4 Å². The molecular formula is C23H26ClNO5. The van der Waals surface area contributed by atoms with Gasteiger partial charge in [0.15, 0.2) is 5.43 Å². The van der Waals surface area contributed by atoms with Crippen molar-refractivity contribution in [2.45, 2.75) is 45.1 Å². The number of carboxylic acids is 1. The number of hydrogen-bond acceptors (Lipinski definition) is 4. The van der Waals surface area contributed by atoms with Crippen LogP contribution in [0.1, 0.15) is 61.0 Å². The molecule has 1 saturated carbocycles. The number of methoxy groups -OCH3 is 1. The van der Waals surface area contributed by atoms with Gasteiger partial charge in [-0.15, -0.1) is 0 Å². The zero-order valence-corrected chi connectivity index (χ0v) is 18.2. The number of rotatable bonds is 6. The van der Waals surface area contributed by atoms with Gasteiger partial charge in [-0.25, -0.2) is 4.79 Å². The molecule has 0 saturated heterocycles. The minimum atomic E-state index is -1.20. The highest BCUT2D eigenvalue weighted by Crippen LogP contribution is 2.59. The molecule has 1 N–H and O–H groups in total. The third-order valence-corrected chi connectivity index (χ3v) is 6.72. The number of aromatic carboxylic acids is 1. The summed E-state index contributed by atoms with van der Waals surface area (Å²) < 4.78 is 13.0. The van der Waals surface area contributed by atoms with E-state index in [9.17, 15) is 14.7 Å². The first kappa shape index (κ1) is 20.9. The number of nitrogens with zero attached hydrogens (tertiary/aromatic N) is 1. The van der Waals surface area contributed by atoms with Crippen LogP contribution in [0.4, 0.5) is 0 Å². The van der Waals surface area contributed by atoms with Gasteiger partial charge in [0.2, 0.25) is 0 Å². The number of fused-ring (bicyclic) bond motifs is 6. The number of pyridine rings is 1. The summed E-state index contributed by atoms with van der Waals surface area (Å²) in [7, 11) is 1.66. The van der Waals surface area contributed by atoms with Crippen LogP contribution in [0.25, 0.3) is 11.3 Å². The topological polar surface area (TPSA) is 77.8 Å². The predicted molar refractivity (Wildman–Crippen MR) is 115 cm³/mol. The molecule has 2 heterocycles. The lowest BCUT2D eigenvalue weighted by atomic mass is 9.77. The number of aromatic nitrogens is 1. The number of ether oxygens (including phenoxy) is 2. The Morgan fingerprint density at radius 1 is 1.30 bits per heavy atom. The third kappa shape index (κ3) is 3.42. The molecule has 1 aliphatic heterocycles. The van der Waals surface area contributed by atoms with Gasteiger partial charge in [-0.1, -0.05) is 25.4 Å². The lowest BCUT2D eigenvalue weighted by Gasteiger charge is -2.40.